The van der Waals surface area contributed by atoms with Crippen molar-refractivity contribution in [3.05, 3.63) is 40.7 Å². The normalized spacial score (nSPS) is 16.5. The molecule has 2 aromatic heterocycles. The van der Waals surface area contributed by atoms with Crippen molar-refractivity contribution in [2.24, 2.45) is 7.05 Å². The Morgan fingerprint density at radius 1 is 0.936 bits per heavy atom. The first-order valence-electron chi connectivity index (χ1n) is 15.2. The number of aryl methyl sites for hydroxylation is 1. The van der Waals surface area contributed by atoms with Gasteiger partial charge in [-0.25, -0.2) is 9.59 Å². The van der Waals surface area contributed by atoms with Gasteiger partial charge in [0.2, 0.25) is 5.75 Å². The Balaban J connectivity index is 1.52. The number of hydrogen-bond acceptors (Lipinski definition) is 9. The fraction of sp³-hybridized carbons (Fsp3) is 0.424. The summed E-state index contributed by atoms with van der Waals surface area (Å²) in [4.78, 5) is 49.9. The number of alkyl halides is 1. The zero-order valence-electron chi connectivity index (χ0n) is 27.5. The van der Waals surface area contributed by atoms with Crippen molar-refractivity contribution < 1.29 is 38.1 Å². The number of ether oxygens (including phenoxy) is 5. The topological polar surface area (TPSA) is 128 Å². The highest BCUT2D eigenvalue weighted by Gasteiger charge is 2.39. The van der Waals surface area contributed by atoms with Gasteiger partial charge in [0.15, 0.2) is 17.2 Å². The minimum Gasteiger partial charge on any atom is -0.493 e. The summed E-state index contributed by atoms with van der Waals surface area (Å²) in [5.74, 6) is 0.522. The van der Waals surface area contributed by atoms with Crippen LogP contribution in [0, 0.1) is 6.92 Å². The van der Waals surface area contributed by atoms with Crippen molar-refractivity contribution in [1.82, 2.24) is 19.4 Å². The fourth-order valence-corrected chi connectivity index (χ4v) is 7.23. The lowest BCUT2D eigenvalue weighted by atomic mass is 9.95. The summed E-state index contributed by atoms with van der Waals surface area (Å²) in [7, 11) is 9.75. The number of carbonyl (C=O) groups excluding carboxylic acids is 3. The molecule has 1 N–H and O–H groups in total. The van der Waals surface area contributed by atoms with E-state index in [0.29, 0.717) is 86.7 Å². The van der Waals surface area contributed by atoms with Crippen molar-refractivity contribution in [3.63, 3.8) is 0 Å². The molecule has 0 unspecified atom stereocenters. The number of likely N-dealkylation sites (N-methyl/N-ethyl adjacent to an activating group) is 1. The van der Waals surface area contributed by atoms with E-state index in [1.807, 2.05) is 25.6 Å². The number of anilines is 1. The van der Waals surface area contributed by atoms with Crippen LogP contribution in [0.15, 0.2) is 18.2 Å². The van der Waals surface area contributed by atoms with Crippen LogP contribution in [0.5, 0.6) is 23.0 Å². The number of H-pyrrole nitrogens is 1. The number of hydrogen-bond donors (Lipinski definition) is 1. The molecule has 2 aliphatic heterocycles. The van der Waals surface area contributed by atoms with Crippen LogP contribution in [0.4, 0.5) is 10.5 Å². The summed E-state index contributed by atoms with van der Waals surface area (Å²) in [6.07, 6.45) is -0.489. The average Bonchev–Trinajstić information content (AvgIpc) is 3.75. The third kappa shape index (κ3) is 5.23. The van der Waals surface area contributed by atoms with Gasteiger partial charge in [-0.15, -0.1) is 0 Å². The number of esters is 1. The average molecular weight is 713 g/mol. The number of benzene rings is 2. The number of nitrogens with zero attached hydrogens (tertiary/aromatic N) is 4. The SMILES string of the molecule is COC(=O)c1c(C)n(C)c2c(OC(=O)N3CCN(C)CC3)cc3c(c12)[C@H](CBr)CN3C(=O)c1cc2cc(OC)c(OC)c(OC)c2[nH]1. The van der Waals surface area contributed by atoms with E-state index in [2.05, 4.69) is 25.8 Å². The van der Waals surface area contributed by atoms with Gasteiger partial charge in [0.25, 0.3) is 5.91 Å². The second kappa shape index (κ2) is 12.6. The Kier molecular flexibility index (Phi) is 8.74. The molecule has 250 valence electrons. The molecule has 1 atom stereocenters. The predicted molar refractivity (Wildman–Crippen MR) is 180 cm³/mol. The molecule has 1 saturated heterocycles. The van der Waals surface area contributed by atoms with Crippen molar-refractivity contribution in [3.8, 4) is 23.0 Å². The number of rotatable bonds is 7. The van der Waals surface area contributed by atoms with E-state index in [0.717, 1.165) is 18.7 Å². The molecule has 47 heavy (non-hydrogen) atoms. The standard InChI is InChI=1S/C33H38BrN5O8/c1-17-24(32(41)46-7)26-25-19(15-34)16-39(31(40)20-12-18-13-23(43-4)29(44-5)30(45-6)27(18)35-20)21(25)14-22(28(26)37(17)3)47-33(42)38-10-8-36(2)9-11-38/h12-14,19,35H,8-11,15-16H2,1-7H3/t19-/m1/s1. The Hall–Kier alpha value is -4.43. The van der Waals surface area contributed by atoms with E-state index in [1.54, 1.807) is 28.0 Å². The first-order valence-corrected chi connectivity index (χ1v) is 16.3. The van der Waals surface area contributed by atoms with Gasteiger partial charge in [-0.05, 0) is 31.7 Å². The minimum absolute atomic E-state index is 0.178. The molecule has 2 amide bonds. The monoisotopic (exact) mass is 711 g/mol. The van der Waals surface area contributed by atoms with E-state index in [4.69, 9.17) is 23.7 Å². The molecule has 4 heterocycles. The second-order valence-corrected chi connectivity index (χ2v) is 12.4. The quantitative estimate of drug-likeness (QED) is 0.215. The van der Waals surface area contributed by atoms with Crippen LogP contribution in [0.2, 0.25) is 0 Å². The van der Waals surface area contributed by atoms with Crippen LogP contribution in [0.3, 0.4) is 0 Å². The van der Waals surface area contributed by atoms with Crippen molar-refractivity contribution in [2.45, 2.75) is 12.8 Å². The summed E-state index contributed by atoms with van der Waals surface area (Å²) in [5.41, 5.74) is 3.83. The lowest BCUT2D eigenvalue weighted by Gasteiger charge is -2.31. The molecular formula is C33H38BrN5O8. The van der Waals surface area contributed by atoms with Gasteiger partial charge < -0.3 is 47.9 Å². The molecule has 2 aromatic carbocycles. The van der Waals surface area contributed by atoms with E-state index in [1.165, 1.54) is 28.4 Å². The molecule has 0 radical (unpaired) electrons. The smallest absolute Gasteiger partial charge is 0.415 e. The van der Waals surface area contributed by atoms with E-state index in [9.17, 15) is 14.4 Å². The third-order valence-electron chi connectivity index (χ3n) is 9.27. The zero-order valence-corrected chi connectivity index (χ0v) is 29.1. The molecular weight excluding hydrogens is 674 g/mol. The van der Waals surface area contributed by atoms with Gasteiger partial charge in [0.1, 0.15) is 5.69 Å². The summed E-state index contributed by atoms with van der Waals surface area (Å²) in [6, 6.07) is 5.25. The van der Waals surface area contributed by atoms with Crippen LogP contribution in [-0.4, -0.2) is 111 Å². The number of nitrogens with one attached hydrogen (secondary N) is 1. The van der Waals surface area contributed by atoms with E-state index < -0.39 is 12.1 Å². The maximum atomic E-state index is 14.4. The van der Waals surface area contributed by atoms with E-state index in [-0.39, 0.29) is 17.6 Å². The van der Waals surface area contributed by atoms with Crippen LogP contribution >= 0.6 is 15.9 Å². The van der Waals surface area contributed by atoms with Crippen molar-refractivity contribution in [1.29, 1.82) is 0 Å². The van der Waals surface area contributed by atoms with Crippen molar-refractivity contribution in [2.75, 3.05) is 78.4 Å². The number of carbonyl (C=O) groups is 3. The molecule has 6 rings (SSSR count). The number of piperazine rings is 1. The zero-order chi connectivity index (χ0) is 33.7. The number of halogens is 1. The highest BCUT2D eigenvalue weighted by Crippen LogP contribution is 2.49. The number of methoxy groups -OCH3 is 4. The maximum absolute atomic E-state index is 14.4. The number of aromatic amines is 1. The highest BCUT2D eigenvalue weighted by atomic mass is 79.9. The van der Waals surface area contributed by atoms with Gasteiger partial charge in [-0.1, -0.05) is 15.9 Å². The Morgan fingerprint density at radius 3 is 2.26 bits per heavy atom. The molecule has 0 bridgehead atoms. The van der Waals surface area contributed by atoms with Gasteiger partial charge in [-0.2, -0.15) is 0 Å². The summed E-state index contributed by atoms with van der Waals surface area (Å²) < 4.78 is 29.9. The van der Waals surface area contributed by atoms with Crippen LogP contribution < -0.4 is 23.8 Å². The summed E-state index contributed by atoms with van der Waals surface area (Å²) in [6.45, 7) is 4.65. The second-order valence-electron chi connectivity index (χ2n) is 11.8. The Bertz CT molecular complexity index is 1910. The van der Waals surface area contributed by atoms with Gasteiger partial charge in [0.05, 0.1) is 50.7 Å². The van der Waals surface area contributed by atoms with Gasteiger partial charge in [0, 0.05) is 73.6 Å². The Labute approximate surface area is 280 Å². The molecule has 1 fully saturated rings. The minimum atomic E-state index is -0.512. The first-order chi connectivity index (χ1) is 22.6. The van der Waals surface area contributed by atoms with E-state index >= 15 is 0 Å². The molecule has 0 aliphatic carbocycles. The van der Waals surface area contributed by atoms with Crippen LogP contribution in [0.25, 0.3) is 21.8 Å². The molecule has 4 aromatic rings. The van der Waals surface area contributed by atoms with Gasteiger partial charge in [-0.3, -0.25) is 4.79 Å². The molecule has 0 spiro atoms. The fourth-order valence-electron chi connectivity index (χ4n) is 6.70. The molecule has 13 nitrogen and oxygen atoms in total. The number of fused-ring (bicyclic) bond motifs is 4. The third-order valence-corrected chi connectivity index (χ3v) is 10.0. The summed E-state index contributed by atoms with van der Waals surface area (Å²) in [5, 5.41) is 1.81. The molecule has 14 heteroatoms. The predicted octanol–water partition coefficient (Wildman–Crippen LogP) is 4.67. The summed E-state index contributed by atoms with van der Waals surface area (Å²) >= 11 is 3.65. The van der Waals surface area contributed by atoms with Crippen molar-refractivity contribution >= 4 is 61.4 Å². The maximum Gasteiger partial charge on any atom is 0.415 e. The molecule has 2 aliphatic rings. The lowest BCUT2D eigenvalue weighted by molar-refractivity contribution is 0.0601. The lowest BCUT2D eigenvalue weighted by Crippen LogP contribution is -2.48. The number of amides is 2. The number of aromatic nitrogens is 2. The van der Waals surface area contributed by atoms with Crippen LogP contribution in [0.1, 0.15) is 38.0 Å². The van der Waals surface area contributed by atoms with Crippen LogP contribution in [-0.2, 0) is 11.8 Å². The highest BCUT2D eigenvalue weighted by molar-refractivity contribution is 9.09. The largest absolute Gasteiger partial charge is 0.493 e. The molecule has 0 saturated carbocycles. The van der Waals surface area contributed by atoms with Gasteiger partial charge >= 0.3 is 12.1 Å². The Morgan fingerprint density at radius 2 is 1.64 bits per heavy atom. The first kappa shape index (κ1) is 32.5.